The topological polar surface area (TPSA) is 80.3 Å². The third kappa shape index (κ3) is 4.45. The van der Waals surface area contributed by atoms with Crippen LogP contribution >= 0.6 is 22.9 Å². The number of carbonyl (C=O) groups is 2. The molecular formula is C19H16ClN3O3S. The largest absolute Gasteiger partial charge is 0.497 e. The molecule has 0 aliphatic rings. The van der Waals surface area contributed by atoms with Gasteiger partial charge in [-0.25, -0.2) is 4.98 Å². The fourth-order valence-corrected chi connectivity index (χ4v) is 3.44. The van der Waals surface area contributed by atoms with Gasteiger partial charge in [-0.3, -0.25) is 14.9 Å². The lowest BCUT2D eigenvalue weighted by atomic mass is 10.2. The van der Waals surface area contributed by atoms with E-state index in [1.807, 2.05) is 0 Å². The minimum Gasteiger partial charge on any atom is -0.497 e. The van der Waals surface area contributed by atoms with Gasteiger partial charge in [0.15, 0.2) is 5.13 Å². The second-order valence-corrected chi connectivity index (χ2v) is 6.96. The summed E-state index contributed by atoms with van der Waals surface area (Å²) < 4.78 is 5.15. The highest BCUT2D eigenvalue weighted by molar-refractivity contribution is 7.17. The van der Waals surface area contributed by atoms with Crippen LogP contribution in [0.25, 0.3) is 0 Å². The maximum Gasteiger partial charge on any atom is 0.267 e. The Morgan fingerprint density at radius 1 is 1.07 bits per heavy atom. The van der Waals surface area contributed by atoms with Crippen LogP contribution in [0.2, 0.25) is 5.02 Å². The van der Waals surface area contributed by atoms with Crippen LogP contribution in [-0.4, -0.2) is 23.9 Å². The Labute approximate surface area is 165 Å². The van der Waals surface area contributed by atoms with Crippen LogP contribution in [-0.2, 0) is 0 Å². The van der Waals surface area contributed by atoms with Gasteiger partial charge in [0.2, 0.25) is 0 Å². The third-order valence-electron chi connectivity index (χ3n) is 3.67. The lowest BCUT2D eigenvalue weighted by Crippen LogP contribution is -2.12. The Balaban J connectivity index is 1.74. The molecule has 8 heteroatoms. The van der Waals surface area contributed by atoms with Crippen molar-refractivity contribution in [2.45, 2.75) is 6.92 Å². The molecule has 1 heterocycles. The summed E-state index contributed by atoms with van der Waals surface area (Å²) in [5.41, 5.74) is 1.47. The fraction of sp³-hybridized carbons (Fsp3) is 0.105. The molecule has 3 aromatic rings. The SMILES string of the molecule is COc1cccc(NC(=O)c2sc(NC(=O)c3ccccc3Cl)nc2C)c1. The molecule has 2 aromatic carbocycles. The van der Waals surface area contributed by atoms with Crippen molar-refractivity contribution in [3.05, 3.63) is 69.7 Å². The van der Waals surface area contributed by atoms with E-state index >= 15 is 0 Å². The predicted octanol–water partition coefficient (Wildman–Crippen LogP) is 4.62. The zero-order chi connectivity index (χ0) is 19.4. The number of carbonyl (C=O) groups excluding carboxylic acids is 2. The standard InChI is InChI=1S/C19H16ClN3O3S/c1-11-16(18(25)22-12-6-5-7-13(10-12)26-2)27-19(21-11)23-17(24)14-8-3-4-9-15(14)20/h3-10H,1-2H3,(H,22,25)(H,21,23,24). The highest BCUT2D eigenvalue weighted by atomic mass is 35.5. The molecule has 27 heavy (non-hydrogen) atoms. The summed E-state index contributed by atoms with van der Waals surface area (Å²) in [4.78, 5) is 29.6. The fourth-order valence-electron chi connectivity index (χ4n) is 2.36. The van der Waals surface area contributed by atoms with E-state index in [4.69, 9.17) is 16.3 Å². The summed E-state index contributed by atoms with van der Waals surface area (Å²) in [6.07, 6.45) is 0. The van der Waals surface area contributed by atoms with Crippen LogP contribution in [0.3, 0.4) is 0 Å². The Hall–Kier alpha value is -2.90. The number of nitrogens with zero attached hydrogens (tertiary/aromatic N) is 1. The van der Waals surface area contributed by atoms with Crippen molar-refractivity contribution in [2.24, 2.45) is 0 Å². The zero-order valence-electron chi connectivity index (χ0n) is 14.6. The lowest BCUT2D eigenvalue weighted by Gasteiger charge is -2.06. The number of hydrogen-bond acceptors (Lipinski definition) is 5. The normalized spacial score (nSPS) is 10.3. The number of methoxy groups -OCH3 is 1. The van der Waals surface area contributed by atoms with Gasteiger partial charge in [-0.1, -0.05) is 41.1 Å². The van der Waals surface area contributed by atoms with E-state index in [-0.39, 0.29) is 11.8 Å². The van der Waals surface area contributed by atoms with Crippen LogP contribution in [0.15, 0.2) is 48.5 Å². The molecule has 0 aliphatic carbocycles. The number of aromatic nitrogens is 1. The summed E-state index contributed by atoms with van der Waals surface area (Å²) in [7, 11) is 1.56. The van der Waals surface area contributed by atoms with Gasteiger partial charge in [0.1, 0.15) is 10.6 Å². The van der Waals surface area contributed by atoms with E-state index in [1.165, 1.54) is 0 Å². The van der Waals surface area contributed by atoms with Gasteiger partial charge >= 0.3 is 0 Å². The second kappa shape index (κ2) is 8.20. The van der Waals surface area contributed by atoms with E-state index in [1.54, 1.807) is 62.6 Å². The number of ether oxygens (including phenoxy) is 1. The maximum absolute atomic E-state index is 12.5. The number of anilines is 2. The molecule has 0 spiro atoms. The van der Waals surface area contributed by atoms with E-state index in [0.29, 0.717) is 37.7 Å². The molecule has 138 valence electrons. The molecule has 2 N–H and O–H groups in total. The van der Waals surface area contributed by atoms with Crippen LogP contribution in [0.4, 0.5) is 10.8 Å². The van der Waals surface area contributed by atoms with Crippen molar-refractivity contribution >= 4 is 45.6 Å². The number of thiazole rings is 1. The number of benzene rings is 2. The summed E-state index contributed by atoms with van der Waals surface area (Å²) in [5.74, 6) is -0.0490. The maximum atomic E-state index is 12.5. The van der Waals surface area contributed by atoms with Crippen molar-refractivity contribution in [1.29, 1.82) is 0 Å². The first kappa shape index (κ1) is 18.9. The third-order valence-corrected chi connectivity index (χ3v) is 5.07. The first-order chi connectivity index (χ1) is 13.0. The van der Waals surface area contributed by atoms with E-state index in [9.17, 15) is 9.59 Å². The van der Waals surface area contributed by atoms with Crippen molar-refractivity contribution in [2.75, 3.05) is 17.7 Å². The number of hydrogen-bond donors (Lipinski definition) is 2. The first-order valence-electron chi connectivity index (χ1n) is 7.96. The number of amides is 2. The van der Waals surface area contributed by atoms with Gasteiger partial charge in [-0.05, 0) is 31.2 Å². The van der Waals surface area contributed by atoms with Gasteiger partial charge < -0.3 is 10.1 Å². The number of nitrogens with one attached hydrogen (secondary N) is 2. The molecule has 0 radical (unpaired) electrons. The Kier molecular flexibility index (Phi) is 5.73. The summed E-state index contributed by atoms with van der Waals surface area (Å²) in [6, 6.07) is 13.8. The predicted molar refractivity (Wildman–Crippen MR) is 107 cm³/mol. The Morgan fingerprint density at radius 3 is 2.59 bits per heavy atom. The van der Waals surface area contributed by atoms with Gasteiger partial charge in [0.25, 0.3) is 11.8 Å². The molecule has 0 atom stereocenters. The minimum absolute atomic E-state index is 0.309. The first-order valence-corrected chi connectivity index (χ1v) is 9.16. The zero-order valence-corrected chi connectivity index (χ0v) is 16.1. The number of aryl methyl sites for hydroxylation is 1. The molecule has 0 fully saturated rings. The van der Waals surface area contributed by atoms with Gasteiger partial charge in [-0.2, -0.15) is 0 Å². The summed E-state index contributed by atoms with van der Waals surface area (Å²) in [6.45, 7) is 1.71. The second-order valence-electron chi connectivity index (χ2n) is 5.55. The summed E-state index contributed by atoms with van der Waals surface area (Å²) >= 11 is 7.13. The lowest BCUT2D eigenvalue weighted by molar-refractivity contribution is 0.102. The molecular weight excluding hydrogens is 386 g/mol. The van der Waals surface area contributed by atoms with Crippen molar-refractivity contribution in [3.63, 3.8) is 0 Å². The van der Waals surface area contributed by atoms with Crippen molar-refractivity contribution in [3.8, 4) is 5.75 Å². The van der Waals surface area contributed by atoms with Crippen molar-refractivity contribution < 1.29 is 14.3 Å². The van der Waals surface area contributed by atoms with E-state index in [0.717, 1.165) is 11.3 Å². The van der Waals surface area contributed by atoms with Crippen LogP contribution in [0.5, 0.6) is 5.75 Å². The molecule has 0 saturated carbocycles. The average Bonchev–Trinajstić information content (AvgIpc) is 3.02. The molecule has 0 bridgehead atoms. The van der Waals surface area contributed by atoms with Crippen LogP contribution < -0.4 is 15.4 Å². The molecule has 6 nitrogen and oxygen atoms in total. The molecule has 0 unspecified atom stereocenters. The van der Waals surface area contributed by atoms with Crippen LogP contribution in [0.1, 0.15) is 25.7 Å². The molecule has 0 aliphatic heterocycles. The number of halogens is 1. The molecule has 1 aromatic heterocycles. The molecule has 2 amide bonds. The Morgan fingerprint density at radius 2 is 1.85 bits per heavy atom. The van der Waals surface area contributed by atoms with Gasteiger partial charge in [0, 0.05) is 11.8 Å². The molecule has 3 rings (SSSR count). The van der Waals surface area contributed by atoms with Crippen LogP contribution in [0, 0.1) is 6.92 Å². The van der Waals surface area contributed by atoms with Gasteiger partial charge in [-0.15, -0.1) is 0 Å². The average molecular weight is 402 g/mol. The highest BCUT2D eigenvalue weighted by Gasteiger charge is 2.18. The van der Waals surface area contributed by atoms with Gasteiger partial charge in [0.05, 0.1) is 23.4 Å². The highest BCUT2D eigenvalue weighted by Crippen LogP contribution is 2.26. The monoisotopic (exact) mass is 401 g/mol. The summed E-state index contributed by atoms with van der Waals surface area (Å²) in [5, 5.41) is 6.15. The Bertz CT molecular complexity index is 1000. The smallest absolute Gasteiger partial charge is 0.267 e. The molecule has 0 saturated heterocycles. The number of rotatable bonds is 5. The quantitative estimate of drug-likeness (QED) is 0.653. The van der Waals surface area contributed by atoms with E-state index in [2.05, 4.69) is 15.6 Å². The van der Waals surface area contributed by atoms with E-state index < -0.39 is 0 Å². The van der Waals surface area contributed by atoms with Crippen molar-refractivity contribution in [1.82, 2.24) is 4.98 Å². The minimum atomic E-state index is -0.380.